The molecule has 1 aromatic rings. The number of benzene rings is 1. The SMILES string of the molecule is [B]Cc1ccc(C(=O)OC(CS(=O)(=O)O)C(F)(F)F)c(OC(=O)C23CC4CC(C2)C2CC3C2C4)c1. The highest BCUT2D eigenvalue weighted by Crippen LogP contribution is 2.73. The Hall–Kier alpha value is -2.08. The zero-order chi connectivity index (χ0) is 25.3. The third kappa shape index (κ3) is 4.26. The molecule has 7 unspecified atom stereocenters. The third-order valence-electron chi connectivity index (χ3n) is 8.52. The zero-order valence-electron chi connectivity index (χ0n) is 18.7. The van der Waals surface area contributed by atoms with Crippen LogP contribution >= 0.6 is 0 Å². The van der Waals surface area contributed by atoms with E-state index in [0.29, 0.717) is 35.7 Å². The largest absolute Gasteiger partial charge is 0.448 e. The van der Waals surface area contributed by atoms with Gasteiger partial charge in [0, 0.05) is 0 Å². The summed E-state index contributed by atoms with van der Waals surface area (Å²) in [6, 6.07) is 3.82. The Labute approximate surface area is 201 Å². The van der Waals surface area contributed by atoms with E-state index in [1.54, 1.807) is 0 Å². The smallest absolute Gasteiger partial charge is 0.426 e. The molecule has 6 aliphatic carbocycles. The molecule has 7 atom stereocenters. The number of rotatable bonds is 7. The van der Waals surface area contributed by atoms with Crippen molar-refractivity contribution in [2.75, 3.05) is 5.75 Å². The fraction of sp³-hybridized carbons (Fsp3) is 0.652. The summed E-state index contributed by atoms with van der Waals surface area (Å²) in [5, 5.41) is 0. The van der Waals surface area contributed by atoms with Crippen molar-refractivity contribution in [2.45, 2.75) is 50.7 Å². The quantitative estimate of drug-likeness (QED) is 0.259. The average Bonchev–Trinajstić information content (AvgIpc) is 2.73. The van der Waals surface area contributed by atoms with Crippen molar-refractivity contribution in [1.29, 1.82) is 0 Å². The van der Waals surface area contributed by atoms with E-state index in [-0.39, 0.29) is 18.0 Å². The minimum absolute atomic E-state index is 0.0233. The first-order valence-corrected chi connectivity index (χ1v) is 13.2. The highest BCUT2D eigenvalue weighted by Gasteiger charge is 2.69. The van der Waals surface area contributed by atoms with Gasteiger partial charge >= 0.3 is 18.1 Å². The lowest BCUT2D eigenvalue weighted by Crippen LogP contribution is -2.67. The van der Waals surface area contributed by atoms with Gasteiger partial charge in [0.15, 0.2) is 0 Å². The summed E-state index contributed by atoms with van der Waals surface area (Å²) < 4.78 is 80.9. The van der Waals surface area contributed by atoms with Crippen LogP contribution in [0.1, 0.15) is 48.0 Å². The first-order valence-electron chi connectivity index (χ1n) is 11.6. The van der Waals surface area contributed by atoms with Crippen molar-refractivity contribution in [1.82, 2.24) is 0 Å². The van der Waals surface area contributed by atoms with Crippen LogP contribution in [0.25, 0.3) is 0 Å². The van der Waals surface area contributed by atoms with Gasteiger partial charge in [0.25, 0.3) is 10.1 Å². The highest BCUT2D eigenvalue weighted by molar-refractivity contribution is 7.85. The van der Waals surface area contributed by atoms with Gasteiger partial charge in [-0.1, -0.05) is 17.9 Å². The van der Waals surface area contributed by atoms with E-state index in [4.69, 9.17) is 17.1 Å². The molecule has 0 amide bonds. The number of alkyl halides is 3. The first-order chi connectivity index (χ1) is 16.3. The van der Waals surface area contributed by atoms with E-state index in [9.17, 15) is 31.2 Å². The van der Waals surface area contributed by atoms with Gasteiger partial charge in [-0.2, -0.15) is 21.6 Å². The summed E-state index contributed by atoms with van der Waals surface area (Å²) in [6.45, 7) is 0. The maximum Gasteiger partial charge on any atom is 0.426 e. The molecule has 6 fully saturated rings. The molecule has 2 radical (unpaired) electrons. The van der Waals surface area contributed by atoms with E-state index in [0.717, 1.165) is 31.7 Å². The van der Waals surface area contributed by atoms with Gasteiger partial charge in [-0.15, -0.1) is 0 Å². The molecular formula is C23H24BF3O7S. The fourth-order valence-corrected chi connectivity index (χ4v) is 7.80. The molecule has 0 saturated heterocycles. The average molecular weight is 512 g/mol. The monoisotopic (exact) mass is 512 g/mol. The van der Waals surface area contributed by atoms with Crippen LogP contribution in [0.15, 0.2) is 18.2 Å². The molecule has 1 aromatic carbocycles. The Balaban J connectivity index is 1.41. The summed E-state index contributed by atoms with van der Waals surface area (Å²) in [6.07, 6.45) is -3.71. The van der Waals surface area contributed by atoms with Gasteiger partial charge in [-0.05, 0) is 73.8 Å². The predicted octanol–water partition coefficient (Wildman–Crippen LogP) is 3.31. The number of hydrogen-bond acceptors (Lipinski definition) is 6. The molecule has 1 N–H and O–H groups in total. The Morgan fingerprint density at radius 3 is 2.54 bits per heavy atom. The van der Waals surface area contributed by atoms with Crippen molar-refractivity contribution in [3.8, 4) is 5.75 Å². The minimum atomic E-state index is -5.25. The van der Waals surface area contributed by atoms with Crippen LogP contribution in [-0.2, 0) is 26.0 Å². The van der Waals surface area contributed by atoms with Crippen molar-refractivity contribution >= 4 is 29.9 Å². The molecule has 6 saturated carbocycles. The topological polar surface area (TPSA) is 107 Å². The number of ether oxygens (including phenoxy) is 2. The first kappa shape index (κ1) is 24.6. The van der Waals surface area contributed by atoms with Gasteiger partial charge in [0.2, 0.25) is 6.10 Å². The molecule has 0 aromatic heterocycles. The third-order valence-corrected chi connectivity index (χ3v) is 9.24. The molecule has 7 rings (SSSR count). The molecule has 6 bridgehead atoms. The molecular weight excluding hydrogens is 488 g/mol. The lowest BCUT2D eigenvalue weighted by Gasteiger charge is -2.70. The molecule has 188 valence electrons. The second-order valence-electron chi connectivity index (χ2n) is 10.4. The second-order valence-corrected chi connectivity index (χ2v) is 11.9. The number of carbonyl (C=O) groups excluding carboxylic acids is 2. The van der Waals surface area contributed by atoms with E-state index >= 15 is 0 Å². The highest BCUT2D eigenvalue weighted by atomic mass is 32.2. The molecule has 0 spiro atoms. The van der Waals surface area contributed by atoms with E-state index < -0.39 is 51.1 Å². The molecule has 35 heavy (non-hydrogen) atoms. The number of halogens is 3. The second kappa shape index (κ2) is 8.23. The summed E-state index contributed by atoms with van der Waals surface area (Å²) in [7, 11) is 0.557. The lowest BCUT2D eigenvalue weighted by molar-refractivity contribution is -0.229. The van der Waals surface area contributed by atoms with Gasteiger partial charge in [0.05, 0.1) is 13.3 Å². The Morgan fingerprint density at radius 2 is 1.91 bits per heavy atom. The molecule has 12 heteroatoms. The van der Waals surface area contributed by atoms with Gasteiger partial charge in [0.1, 0.15) is 17.1 Å². The molecule has 6 aliphatic rings. The van der Waals surface area contributed by atoms with Crippen molar-refractivity contribution in [3.63, 3.8) is 0 Å². The Bertz CT molecular complexity index is 1160. The van der Waals surface area contributed by atoms with Crippen LogP contribution in [0.5, 0.6) is 5.75 Å². The Morgan fingerprint density at radius 1 is 1.17 bits per heavy atom. The van der Waals surface area contributed by atoms with Crippen molar-refractivity contribution < 1.29 is 45.2 Å². The van der Waals surface area contributed by atoms with Crippen molar-refractivity contribution in [2.24, 2.45) is 35.0 Å². The van der Waals surface area contributed by atoms with Crippen LogP contribution < -0.4 is 4.74 Å². The summed E-state index contributed by atoms with van der Waals surface area (Å²) in [5.41, 5.74) is -0.648. The number of esters is 2. The minimum Gasteiger partial charge on any atom is -0.448 e. The van der Waals surface area contributed by atoms with Crippen LogP contribution in [0.4, 0.5) is 13.2 Å². The maximum absolute atomic E-state index is 13.5. The fourth-order valence-electron chi connectivity index (χ4n) is 7.16. The van der Waals surface area contributed by atoms with Crippen LogP contribution in [0.2, 0.25) is 0 Å². The summed E-state index contributed by atoms with van der Waals surface area (Å²) in [5.74, 6) is -1.86. The summed E-state index contributed by atoms with van der Waals surface area (Å²) in [4.78, 5) is 26.2. The lowest BCUT2D eigenvalue weighted by atomic mass is 9.34. The summed E-state index contributed by atoms with van der Waals surface area (Å²) >= 11 is 0. The van der Waals surface area contributed by atoms with E-state index in [1.165, 1.54) is 12.1 Å². The number of hydrogen-bond donors (Lipinski definition) is 1. The van der Waals surface area contributed by atoms with E-state index in [2.05, 4.69) is 4.74 Å². The molecule has 0 heterocycles. The van der Waals surface area contributed by atoms with Gasteiger partial charge < -0.3 is 9.47 Å². The number of carbonyl (C=O) groups is 2. The molecule has 0 aliphatic heterocycles. The van der Waals surface area contributed by atoms with Crippen LogP contribution in [0, 0.1) is 35.0 Å². The van der Waals surface area contributed by atoms with Crippen molar-refractivity contribution in [3.05, 3.63) is 29.3 Å². The maximum atomic E-state index is 13.5. The standard InChI is InChI=1S/C23H24BF3O7S/c24-9-11-1-2-14(20(28)34-19(23(25,26)27)10-35(30,31)32)18(5-11)33-21(29)22-7-12-3-13(8-22)15-6-17(22)16(15)4-12/h1-2,5,12-13,15-17,19H,3-4,6-10H2,(H,30,31,32). The zero-order valence-corrected chi connectivity index (χ0v) is 19.5. The normalized spacial score (nSPS) is 33.7. The molecule has 7 nitrogen and oxygen atoms in total. The van der Waals surface area contributed by atoms with Gasteiger partial charge in [-0.3, -0.25) is 9.35 Å². The van der Waals surface area contributed by atoms with Crippen LogP contribution in [-0.4, -0.2) is 50.8 Å². The predicted molar refractivity (Wildman–Crippen MR) is 116 cm³/mol. The van der Waals surface area contributed by atoms with Gasteiger partial charge in [-0.25, -0.2) is 4.79 Å². The van der Waals surface area contributed by atoms with E-state index in [1.807, 2.05) is 0 Å². The van der Waals surface area contributed by atoms with Crippen LogP contribution in [0.3, 0.4) is 0 Å². The Kier molecular flexibility index (Phi) is 5.78.